The van der Waals surface area contributed by atoms with Crippen LogP contribution < -0.4 is 5.32 Å². The minimum absolute atomic E-state index is 0.131. The van der Waals surface area contributed by atoms with Crippen molar-refractivity contribution in [1.29, 1.82) is 5.26 Å². The Morgan fingerprint density at radius 2 is 1.82 bits per heavy atom. The first-order valence-electron chi connectivity index (χ1n) is 4.37. The molecule has 0 amide bonds. The number of hydrogen-bond acceptors (Lipinski definition) is 2. The summed E-state index contributed by atoms with van der Waals surface area (Å²) < 4.78 is 0. The molecule has 0 aromatic carbocycles. The largest absolute Gasteiger partial charge is 0.297 e. The van der Waals surface area contributed by atoms with Crippen LogP contribution in [0.5, 0.6) is 0 Å². The lowest BCUT2D eigenvalue weighted by atomic mass is 10.2. The molecule has 0 atom stereocenters. The summed E-state index contributed by atoms with van der Waals surface area (Å²) in [6, 6.07) is 2.71. The van der Waals surface area contributed by atoms with Crippen LogP contribution in [-0.2, 0) is 0 Å². The van der Waals surface area contributed by atoms with Crippen LogP contribution >= 0.6 is 0 Å². The van der Waals surface area contributed by atoms with Crippen LogP contribution in [0, 0.1) is 11.3 Å². The molecule has 0 aromatic rings. The molecule has 1 saturated carbocycles. The fourth-order valence-electron chi connectivity index (χ4n) is 0.966. The lowest BCUT2D eigenvalue weighted by molar-refractivity contribution is 0.521. The van der Waals surface area contributed by atoms with E-state index < -0.39 is 0 Å². The zero-order valence-electron chi connectivity index (χ0n) is 7.94. The number of hydrogen-bond donors (Lipinski definition) is 1. The minimum atomic E-state index is -0.131. The maximum Gasteiger partial charge on any atom is 0.107 e. The van der Waals surface area contributed by atoms with Gasteiger partial charge in [-0.1, -0.05) is 13.8 Å². The summed E-state index contributed by atoms with van der Waals surface area (Å²) in [7, 11) is 0. The van der Waals surface area contributed by atoms with Gasteiger partial charge in [0.15, 0.2) is 0 Å². The Morgan fingerprint density at radius 3 is 1.91 bits per heavy atom. The van der Waals surface area contributed by atoms with E-state index in [0.717, 1.165) is 12.8 Å². The zero-order chi connectivity index (χ0) is 8.91. The van der Waals surface area contributed by atoms with Crippen LogP contribution in [0.4, 0.5) is 0 Å². The molecule has 0 heterocycles. The van der Waals surface area contributed by atoms with Gasteiger partial charge < -0.3 is 0 Å². The van der Waals surface area contributed by atoms with Gasteiger partial charge in [-0.15, -0.1) is 0 Å². The molecule has 2 nitrogen and oxygen atoms in total. The number of nitrogens with one attached hydrogen (secondary N) is 1. The Balaban J connectivity index is 0.000000461. The smallest absolute Gasteiger partial charge is 0.107 e. The molecule has 0 unspecified atom stereocenters. The van der Waals surface area contributed by atoms with Crippen molar-refractivity contribution < 1.29 is 0 Å². The Kier molecular flexibility index (Phi) is 4.14. The third-order valence-electron chi connectivity index (χ3n) is 1.53. The van der Waals surface area contributed by atoms with Crippen LogP contribution in [0.15, 0.2) is 0 Å². The van der Waals surface area contributed by atoms with E-state index >= 15 is 0 Å². The molecule has 64 valence electrons. The van der Waals surface area contributed by atoms with E-state index in [1.165, 1.54) is 0 Å². The van der Waals surface area contributed by atoms with Crippen molar-refractivity contribution in [3.8, 4) is 6.07 Å². The lowest BCUT2D eigenvalue weighted by Gasteiger charge is -2.11. The molecule has 0 aliphatic heterocycles. The highest BCUT2D eigenvalue weighted by atomic mass is 15.0. The van der Waals surface area contributed by atoms with E-state index in [1.54, 1.807) is 0 Å². The maximum atomic E-state index is 8.59. The monoisotopic (exact) mass is 154 g/mol. The van der Waals surface area contributed by atoms with Crippen LogP contribution in [0.2, 0.25) is 0 Å². The van der Waals surface area contributed by atoms with Gasteiger partial charge in [0, 0.05) is 6.04 Å². The third-order valence-corrected chi connectivity index (χ3v) is 1.53. The van der Waals surface area contributed by atoms with Gasteiger partial charge in [-0.25, -0.2) is 0 Å². The summed E-state index contributed by atoms with van der Waals surface area (Å²) in [5.74, 6) is 0. The molecule has 2 heteroatoms. The van der Waals surface area contributed by atoms with Crippen molar-refractivity contribution in [1.82, 2.24) is 5.32 Å². The standard InChI is InChI=1S/C7H12N2.C2H6/c1-6(2)9-7(5-8)3-4-7;1-2/h6,9H,3-4H2,1-2H3;1-2H3. The van der Waals surface area contributed by atoms with E-state index in [2.05, 4.69) is 25.2 Å². The molecular weight excluding hydrogens is 136 g/mol. The van der Waals surface area contributed by atoms with Gasteiger partial charge >= 0.3 is 0 Å². The highest BCUT2D eigenvalue weighted by Crippen LogP contribution is 2.34. The first kappa shape index (κ1) is 10.4. The normalized spacial score (nSPS) is 18.2. The van der Waals surface area contributed by atoms with E-state index in [-0.39, 0.29) is 5.54 Å². The molecule has 1 rings (SSSR count). The van der Waals surface area contributed by atoms with Gasteiger partial charge in [-0.2, -0.15) is 5.26 Å². The number of nitriles is 1. The van der Waals surface area contributed by atoms with Gasteiger partial charge in [0.1, 0.15) is 5.54 Å². The summed E-state index contributed by atoms with van der Waals surface area (Å²) >= 11 is 0. The predicted molar refractivity (Wildman–Crippen MR) is 47.2 cm³/mol. The van der Waals surface area contributed by atoms with Gasteiger partial charge in [-0.05, 0) is 26.7 Å². The number of rotatable bonds is 2. The Labute approximate surface area is 69.6 Å². The molecule has 0 radical (unpaired) electrons. The average molecular weight is 154 g/mol. The highest BCUT2D eigenvalue weighted by Gasteiger charge is 2.43. The molecular formula is C9H18N2. The maximum absolute atomic E-state index is 8.59. The Hall–Kier alpha value is -0.550. The van der Waals surface area contributed by atoms with Gasteiger partial charge in [0.2, 0.25) is 0 Å². The Morgan fingerprint density at radius 1 is 1.36 bits per heavy atom. The molecule has 1 aliphatic rings. The minimum Gasteiger partial charge on any atom is -0.297 e. The summed E-state index contributed by atoms with van der Waals surface area (Å²) in [5, 5.41) is 11.8. The molecule has 11 heavy (non-hydrogen) atoms. The predicted octanol–water partition coefficient (Wildman–Crippen LogP) is 2.07. The molecule has 1 fully saturated rings. The molecule has 0 spiro atoms. The Bertz CT molecular complexity index is 140. The fraction of sp³-hybridized carbons (Fsp3) is 0.889. The quantitative estimate of drug-likeness (QED) is 0.661. The molecule has 0 bridgehead atoms. The SMILES string of the molecule is CC.CC(C)NC1(C#N)CC1. The topological polar surface area (TPSA) is 35.8 Å². The van der Waals surface area contributed by atoms with Crippen LogP contribution in [0.1, 0.15) is 40.5 Å². The lowest BCUT2D eigenvalue weighted by Crippen LogP contribution is -2.35. The first-order chi connectivity index (χ1) is 5.18. The fourth-order valence-corrected chi connectivity index (χ4v) is 0.966. The molecule has 1 N–H and O–H groups in total. The van der Waals surface area contributed by atoms with Gasteiger partial charge in [0.05, 0.1) is 6.07 Å². The molecule has 0 aromatic heterocycles. The van der Waals surface area contributed by atoms with E-state index in [4.69, 9.17) is 5.26 Å². The highest BCUT2D eigenvalue weighted by molar-refractivity contribution is 5.18. The van der Waals surface area contributed by atoms with Crippen molar-refractivity contribution in [2.75, 3.05) is 0 Å². The first-order valence-corrected chi connectivity index (χ1v) is 4.37. The number of nitrogens with zero attached hydrogens (tertiary/aromatic N) is 1. The zero-order valence-corrected chi connectivity index (χ0v) is 7.94. The van der Waals surface area contributed by atoms with Gasteiger partial charge in [0.25, 0.3) is 0 Å². The van der Waals surface area contributed by atoms with E-state index in [1.807, 2.05) is 13.8 Å². The van der Waals surface area contributed by atoms with Crippen molar-refractivity contribution in [3.05, 3.63) is 0 Å². The second-order valence-electron chi connectivity index (χ2n) is 2.99. The van der Waals surface area contributed by atoms with Crippen molar-refractivity contribution in [2.45, 2.75) is 52.1 Å². The van der Waals surface area contributed by atoms with Crippen LogP contribution in [0.3, 0.4) is 0 Å². The second kappa shape index (κ2) is 4.35. The second-order valence-corrected chi connectivity index (χ2v) is 2.99. The van der Waals surface area contributed by atoms with Crippen LogP contribution in [-0.4, -0.2) is 11.6 Å². The van der Waals surface area contributed by atoms with Gasteiger partial charge in [-0.3, -0.25) is 5.32 Å². The van der Waals surface area contributed by atoms with E-state index in [0.29, 0.717) is 6.04 Å². The van der Waals surface area contributed by atoms with Crippen molar-refractivity contribution >= 4 is 0 Å². The molecule has 0 saturated heterocycles. The van der Waals surface area contributed by atoms with Crippen molar-refractivity contribution in [2.24, 2.45) is 0 Å². The van der Waals surface area contributed by atoms with Crippen LogP contribution in [0.25, 0.3) is 0 Å². The molecule has 1 aliphatic carbocycles. The summed E-state index contributed by atoms with van der Waals surface area (Å²) in [4.78, 5) is 0. The van der Waals surface area contributed by atoms with Crippen molar-refractivity contribution in [3.63, 3.8) is 0 Å². The van der Waals surface area contributed by atoms with E-state index in [9.17, 15) is 0 Å². The third kappa shape index (κ3) is 3.38. The summed E-state index contributed by atoms with van der Waals surface area (Å²) in [6.07, 6.45) is 2.06. The summed E-state index contributed by atoms with van der Waals surface area (Å²) in [5.41, 5.74) is -0.131. The average Bonchev–Trinajstić information content (AvgIpc) is 2.73. The summed E-state index contributed by atoms with van der Waals surface area (Å²) in [6.45, 7) is 8.13.